The van der Waals surface area contributed by atoms with E-state index in [1.807, 2.05) is 24.3 Å². The van der Waals surface area contributed by atoms with Crippen molar-refractivity contribution < 1.29 is 97.6 Å². The molecule has 5 aliphatic heterocycles. The summed E-state index contributed by atoms with van der Waals surface area (Å²) < 4.78 is 62.1. The summed E-state index contributed by atoms with van der Waals surface area (Å²) in [5.41, 5.74) is 7.95. The van der Waals surface area contributed by atoms with Gasteiger partial charge in [-0.3, -0.25) is 0 Å². The SMILES string of the molecule is C.C#C[C@H]1O[C@H](CO)[C@@H](C)[C@H](C)[C@@H]1O[Si](C(C)C)(C(C)C)C(C)C.CC(C)[Si](O[C@@H]1[C@H](C)[C@@H](C#Cc2ccc(C#C[C@H]3O[C@H](CO)[C@@H](C)[C@H](C)[C@@H]3O[Si](C(C)C)(C(C)C)C(C)C)cc2)O[C@H](CO)[C@H]1O[Si](C(C)C)(C(C)C)C(C)C)(C(C)C)C(C)C.Ic1ccc(I)cc1.OC[C@H]1O[C@H](C#Cc2ccc(C#C[C@H]3O[C@H](CO)[C@@H](O)[C@H](O)[C@@H]3O)cc2)[C@@H](O)[C@@H](O)[C@@H]1O.P. The molecule has 0 saturated carbocycles. The molecular formula is C100H165I2O20PSi4. The van der Waals surface area contributed by atoms with Crippen molar-refractivity contribution in [2.24, 2.45) is 29.6 Å². The van der Waals surface area contributed by atoms with Crippen LogP contribution in [0.25, 0.3) is 0 Å². The highest BCUT2D eigenvalue weighted by molar-refractivity contribution is 14.1. The van der Waals surface area contributed by atoms with Gasteiger partial charge in [0, 0.05) is 35.3 Å². The molecule has 11 N–H and O–H groups in total. The molecule has 0 aliphatic carbocycles. The van der Waals surface area contributed by atoms with Gasteiger partial charge in [-0.15, -0.1) is 6.42 Å². The lowest BCUT2D eigenvalue weighted by Crippen LogP contribution is -2.65. The molecule has 0 radical (unpaired) electrons. The Kier molecular flexibility index (Phi) is 50.2. The summed E-state index contributed by atoms with van der Waals surface area (Å²) in [4.78, 5) is 0. The van der Waals surface area contributed by atoms with Crippen LogP contribution in [0.3, 0.4) is 0 Å². The van der Waals surface area contributed by atoms with E-state index < -0.39 is 132 Å². The van der Waals surface area contributed by atoms with Gasteiger partial charge in [0.25, 0.3) is 0 Å². The minimum absolute atomic E-state index is 0. The monoisotopic (exact) mass is 2080 g/mol. The zero-order valence-corrected chi connectivity index (χ0v) is 90.7. The first-order chi connectivity index (χ1) is 58.5. The normalized spacial score (nSPS) is 30.0. The number of hydrogen-bond donors (Lipinski definition) is 11. The minimum atomic E-state index is -2.39. The first-order valence-corrected chi connectivity index (χ1v) is 56.5. The number of halogens is 2. The van der Waals surface area contributed by atoms with Crippen LogP contribution in [0.15, 0.2) is 72.8 Å². The maximum Gasteiger partial charge on any atom is 0.201 e. The number of aliphatic hydroxyl groups is 11. The van der Waals surface area contributed by atoms with Gasteiger partial charge < -0.3 is 97.6 Å². The first-order valence-electron chi connectivity index (χ1n) is 45.7. The molecule has 8 rings (SSSR count). The zero-order valence-electron chi connectivity index (χ0n) is 81.0. The van der Waals surface area contributed by atoms with Crippen LogP contribution >= 0.6 is 55.1 Å². The first kappa shape index (κ1) is 119. The molecule has 127 heavy (non-hydrogen) atoms. The Hall–Kier alpha value is -2.58. The molecule has 26 atom stereocenters. The van der Waals surface area contributed by atoms with Gasteiger partial charge in [0.05, 0.1) is 69.7 Å². The molecular weight excluding hydrogens is 1920 g/mol. The molecule has 5 saturated heterocycles. The number of ether oxygens (including phenoxy) is 5. The fourth-order valence-electron chi connectivity index (χ4n) is 20.7. The van der Waals surface area contributed by atoms with Gasteiger partial charge in [0.15, 0.2) is 0 Å². The fraction of sp³-hybridized carbons (Fsp3) is 0.720. The summed E-state index contributed by atoms with van der Waals surface area (Å²) in [7, 11) is -9.01. The fourth-order valence-corrected chi connectivity index (χ4v) is 43.8. The van der Waals surface area contributed by atoms with E-state index in [-0.39, 0.29) is 103 Å². The van der Waals surface area contributed by atoms with Gasteiger partial charge in [-0.1, -0.05) is 261 Å². The Morgan fingerprint density at radius 1 is 0.291 bits per heavy atom. The largest absolute Gasteiger partial charge is 0.410 e. The van der Waals surface area contributed by atoms with Crippen molar-refractivity contribution in [3.8, 4) is 59.7 Å². The van der Waals surface area contributed by atoms with E-state index in [1.54, 1.807) is 24.3 Å². The predicted molar refractivity (Wildman–Crippen MR) is 543 cm³/mol. The van der Waals surface area contributed by atoms with E-state index in [1.165, 1.54) is 7.14 Å². The third-order valence-electron chi connectivity index (χ3n) is 27.8. The average molecular weight is 2080 g/mol. The molecule has 0 spiro atoms. The van der Waals surface area contributed by atoms with Crippen LogP contribution in [0, 0.1) is 96.4 Å². The average Bonchev–Trinajstić information content (AvgIpc) is 0.747. The van der Waals surface area contributed by atoms with Gasteiger partial charge in [0.1, 0.15) is 85.5 Å². The summed E-state index contributed by atoms with van der Waals surface area (Å²) in [6.45, 7) is 65.1. The van der Waals surface area contributed by atoms with Crippen molar-refractivity contribution in [2.45, 2.75) is 397 Å². The van der Waals surface area contributed by atoms with Gasteiger partial charge in [0.2, 0.25) is 33.3 Å². The highest BCUT2D eigenvalue weighted by Crippen LogP contribution is 2.52. The predicted octanol–water partition coefficient (Wildman–Crippen LogP) is 16.4. The van der Waals surface area contributed by atoms with Crippen LogP contribution in [0.5, 0.6) is 0 Å². The smallest absolute Gasteiger partial charge is 0.201 e. The van der Waals surface area contributed by atoms with E-state index in [2.05, 4.69) is 324 Å². The summed E-state index contributed by atoms with van der Waals surface area (Å²) in [6.07, 6.45) is -10.6. The van der Waals surface area contributed by atoms with Crippen molar-refractivity contribution in [2.75, 3.05) is 33.0 Å². The number of rotatable bonds is 25. The van der Waals surface area contributed by atoms with Crippen molar-refractivity contribution in [1.82, 2.24) is 0 Å². The third-order valence-corrected chi connectivity index (χ3v) is 53.6. The van der Waals surface area contributed by atoms with E-state index >= 15 is 0 Å². The zero-order chi connectivity index (χ0) is 94.6. The summed E-state index contributed by atoms with van der Waals surface area (Å²) >= 11 is 4.59. The summed E-state index contributed by atoms with van der Waals surface area (Å²) in [5.74, 6) is 28.2. The molecule has 720 valence electrons. The Morgan fingerprint density at radius 3 is 0.772 bits per heavy atom. The van der Waals surface area contributed by atoms with Crippen LogP contribution in [-0.2, 0) is 41.4 Å². The van der Waals surface area contributed by atoms with Gasteiger partial charge in [-0.25, -0.2) is 0 Å². The lowest BCUT2D eigenvalue weighted by Gasteiger charge is -2.54. The number of terminal acetylenes is 1. The lowest BCUT2D eigenvalue weighted by molar-refractivity contribution is -0.214. The van der Waals surface area contributed by atoms with Crippen LogP contribution in [0.2, 0.25) is 66.5 Å². The van der Waals surface area contributed by atoms with Gasteiger partial charge in [-0.05, 0) is 208 Å². The molecule has 27 heteroatoms. The van der Waals surface area contributed by atoms with Crippen LogP contribution in [-0.4, -0.2) is 245 Å². The second-order valence-corrected chi connectivity index (χ2v) is 63.2. The molecule has 0 aromatic heterocycles. The van der Waals surface area contributed by atoms with Crippen LogP contribution in [0.4, 0.5) is 0 Å². The molecule has 0 bridgehead atoms. The second-order valence-electron chi connectivity index (χ2n) is 39.1. The molecule has 5 heterocycles. The number of aliphatic hydroxyl groups excluding tert-OH is 11. The highest BCUT2D eigenvalue weighted by Gasteiger charge is 2.58. The van der Waals surface area contributed by atoms with Crippen LogP contribution in [0.1, 0.15) is 230 Å². The second kappa shape index (κ2) is 53.8. The van der Waals surface area contributed by atoms with Gasteiger partial charge in [-0.2, -0.15) is 9.90 Å². The van der Waals surface area contributed by atoms with Crippen molar-refractivity contribution in [1.29, 1.82) is 0 Å². The minimum Gasteiger partial charge on any atom is -0.410 e. The molecule has 20 nitrogen and oxygen atoms in total. The van der Waals surface area contributed by atoms with E-state index in [0.717, 1.165) is 11.1 Å². The molecule has 5 fully saturated rings. The maximum absolute atomic E-state index is 11.1. The lowest BCUT2D eigenvalue weighted by atomic mass is 9.81. The number of benzene rings is 3. The molecule has 5 aliphatic rings. The molecule has 0 amide bonds. The number of hydrogen-bond acceptors (Lipinski definition) is 20. The topological polar surface area (TPSA) is 306 Å². The molecule has 3 aromatic carbocycles. The Bertz CT molecular complexity index is 3840. The Morgan fingerprint density at radius 2 is 0.512 bits per heavy atom. The summed E-state index contributed by atoms with van der Waals surface area (Å²) in [6, 6.07) is 23.0. The van der Waals surface area contributed by atoms with Crippen molar-refractivity contribution >= 4 is 88.4 Å². The molecule has 1 unspecified atom stereocenters. The van der Waals surface area contributed by atoms with Crippen molar-refractivity contribution in [3.05, 3.63) is 102 Å². The summed E-state index contributed by atoms with van der Waals surface area (Å²) in [5, 5.41) is 109. The quantitative estimate of drug-likeness (QED) is 0.0163. The van der Waals surface area contributed by atoms with E-state index in [0.29, 0.717) is 77.6 Å². The molecule has 3 aromatic rings. The highest BCUT2D eigenvalue weighted by atomic mass is 127. The van der Waals surface area contributed by atoms with Gasteiger partial charge >= 0.3 is 0 Å². The van der Waals surface area contributed by atoms with Crippen molar-refractivity contribution in [3.63, 3.8) is 0 Å². The standard InChI is InChI=1S/C52H92O7Si3.C22H26O10.C19H36O3Si.C6H4I2.CH4.H3P/c1-32(2)60(33(3)4,34(5)6)57-50-42(20)41(19)48(30-53)56-47(50)29-27-45-24-22-44(23-25-45)26-28-46-43(21)51(58-61(35(7)8,36(9)10)37(11)12)52(49(31-54)55-46)59-62(38(13)14,39(15)16)40(17)18;23-9-15-19(27)21(29)17(25)13(31-15)7-5-11-1-2-12(4-3-11)6-8-14-18(26)22(30)20(28)16(10-24)32-14;1-10-17-19(16(9)15(8)18(11-20)21-17)22-23(12(2)3,13(4)5)14(6)7;7-5-1-2-6(8)4-3-5;;/h22-25,32-43,46-54H,30-31H2,1-21H3;1-4,13-30H,9-10H2;1,12-20H,11H2,2-9H3;1-4H;1H4;1H3/t41-,42-,43+,46+,47+,48+,49+,50-,51+,52+;13-,14-,15-,16-,17-,18-,19-,20-,21-,22-;15-,16-,17+,18+,19-;;;/m010.../s1. The van der Waals surface area contributed by atoms with E-state index in [9.17, 15) is 56.2 Å². The Balaban J connectivity index is 0.000000526. The Labute approximate surface area is 801 Å². The van der Waals surface area contributed by atoms with Crippen LogP contribution < -0.4 is 0 Å². The van der Waals surface area contributed by atoms with E-state index in [4.69, 9.17) is 47.8 Å². The maximum atomic E-state index is 11.1. The third kappa shape index (κ3) is 28.8.